The Labute approximate surface area is 182 Å². The van der Waals surface area contributed by atoms with E-state index in [0.29, 0.717) is 21.9 Å². The maximum atomic E-state index is 13.4. The van der Waals surface area contributed by atoms with Gasteiger partial charge in [-0.1, -0.05) is 11.2 Å². The summed E-state index contributed by atoms with van der Waals surface area (Å²) >= 11 is 1.43. The molecule has 0 spiro atoms. The summed E-state index contributed by atoms with van der Waals surface area (Å²) < 4.78 is 6.15. The molecular weight excluding hydrogens is 410 g/mol. The Hall–Kier alpha value is -3.71. The summed E-state index contributed by atoms with van der Waals surface area (Å²) in [6.07, 6.45) is 5.07. The second kappa shape index (κ2) is 7.85. The number of anilines is 2. The highest BCUT2D eigenvalue weighted by atomic mass is 32.1. The molecule has 0 aliphatic heterocycles. The number of hydrogen-bond donors (Lipinski definition) is 2. The average Bonchev–Trinajstić information content (AvgIpc) is 3.40. The van der Waals surface area contributed by atoms with Gasteiger partial charge in [0.25, 0.3) is 0 Å². The monoisotopic (exact) mass is 429 g/mol. The van der Waals surface area contributed by atoms with Crippen LogP contribution in [0.2, 0.25) is 0 Å². The van der Waals surface area contributed by atoms with Crippen LogP contribution in [-0.4, -0.2) is 28.8 Å². The molecule has 1 aliphatic rings. The average molecular weight is 430 g/mol. The van der Waals surface area contributed by atoms with Crippen LogP contribution in [0, 0.1) is 0 Å². The number of ketones is 1. The van der Waals surface area contributed by atoms with Gasteiger partial charge in [0.05, 0.1) is 28.1 Å². The van der Waals surface area contributed by atoms with E-state index < -0.39 is 0 Å². The van der Waals surface area contributed by atoms with Crippen molar-refractivity contribution in [2.45, 2.75) is 12.8 Å². The van der Waals surface area contributed by atoms with Gasteiger partial charge >= 0.3 is 0 Å². The van der Waals surface area contributed by atoms with Crippen molar-refractivity contribution in [3.8, 4) is 5.75 Å². The van der Waals surface area contributed by atoms with E-state index in [9.17, 15) is 4.79 Å². The van der Waals surface area contributed by atoms with E-state index in [0.717, 1.165) is 45.4 Å². The number of aromatic nitrogens is 1. The molecule has 154 valence electrons. The number of pyridine rings is 1. The number of oxime groups is 1. The number of hydrogen-bond acceptors (Lipinski definition) is 7. The predicted molar refractivity (Wildman–Crippen MR) is 122 cm³/mol. The zero-order valence-electron chi connectivity index (χ0n) is 16.8. The van der Waals surface area contributed by atoms with Crippen molar-refractivity contribution >= 4 is 44.3 Å². The fourth-order valence-electron chi connectivity index (χ4n) is 3.90. The van der Waals surface area contributed by atoms with Gasteiger partial charge < -0.3 is 15.3 Å². The number of fused-ring (bicyclic) bond motifs is 2. The van der Waals surface area contributed by atoms with Crippen LogP contribution in [0.5, 0.6) is 5.75 Å². The molecule has 2 heterocycles. The number of nitrogens with one attached hydrogen (secondary N) is 1. The molecule has 2 N–H and O–H groups in total. The van der Waals surface area contributed by atoms with E-state index in [2.05, 4.69) is 21.5 Å². The maximum absolute atomic E-state index is 13.4. The zero-order chi connectivity index (χ0) is 21.4. The van der Waals surface area contributed by atoms with E-state index >= 15 is 0 Å². The van der Waals surface area contributed by atoms with Gasteiger partial charge in [-0.15, -0.1) is 11.3 Å². The third-order valence-electron chi connectivity index (χ3n) is 5.49. The summed E-state index contributed by atoms with van der Waals surface area (Å²) in [5.41, 5.74) is 5.07. The molecule has 2 aromatic heterocycles. The standard InChI is InChI=1S/C24H19N3O3S/c1-30-17-6-2-14(3-7-17)23(28)24-22(19-10-11-25-13-21(19)31-24)26-16-5-8-18-15(12-16)4-9-20(18)27-29/h2-3,5-8,10-13,26,29H,4,9H2,1H3/b27-20+. The molecule has 0 bridgehead atoms. The number of rotatable bonds is 5. The van der Waals surface area contributed by atoms with Gasteiger partial charge in [0.1, 0.15) is 5.75 Å². The maximum Gasteiger partial charge on any atom is 0.205 e. The Morgan fingerprint density at radius 3 is 2.77 bits per heavy atom. The van der Waals surface area contributed by atoms with Crippen molar-refractivity contribution in [1.82, 2.24) is 4.98 Å². The van der Waals surface area contributed by atoms with Crippen molar-refractivity contribution in [1.29, 1.82) is 0 Å². The number of carbonyl (C=O) groups is 1. The fraction of sp³-hybridized carbons (Fsp3) is 0.125. The van der Waals surface area contributed by atoms with Crippen LogP contribution in [0.3, 0.4) is 0 Å². The minimum atomic E-state index is -0.0535. The van der Waals surface area contributed by atoms with Crippen molar-refractivity contribution < 1.29 is 14.7 Å². The molecule has 0 fully saturated rings. The molecular formula is C24H19N3O3S. The van der Waals surface area contributed by atoms with Crippen molar-refractivity contribution in [3.05, 3.63) is 82.5 Å². The lowest BCUT2D eigenvalue weighted by Gasteiger charge is -2.10. The number of benzene rings is 2. The SMILES string of the molecule is COc1ccc(C(=O)c2sc3cnccc3c2Nc2ccc3c(c2)CC/C3=N\O)cc1. The summed E-state index contributed by atoms with van der Waals surface area (Å²) in [6.45, 7) is 0. The Balaban J connectivity index is 1.56. The van der Waals surface area contributed by atoms with Crippen LogP contribution in [0.15, 0.2) is 66.1 Å². The molecule has 7 heteroatoms. The minimum absolute atomic E-state index is 0.0535. The Morgan fingerprint density at radius 2 is 2.00 bits per heavy atom. The molecule has 4 aromatic rings. The van der Waals surface area contributed by atoms with Gasteiger partial charge in [0.2, 0.25) is 5.78 Å². The largest absolute Gasteiger partial charge is 0.497 e. The lowest BCUT2D eigenvalue weighted by molar-refractivity contribution is 0.104. The van der Waals surface area contributed by atoms with E-state index in [1.54, 1.807) is 43.8 Å². The third kappa shape index (κ3) is 3.43. The van der Waals surface area contributed by atoms with Crippen LogP contribution in [0.1, 0.15) is 32.8 Å². The molecule has 1 aliphatic carbocycles. The van der Waals surface area contributed by atoms with E-state index in [4.69, 9.17) is 9.94 Å². The molecule has 6 nitrogen and oxygen atoms in total. The molecule has 31 heavy (non-hydrogen) atoms. The Morgan fingerprint density at radius 1 is 1.16 bits per heavy atom. The second-order valence-electron chi connectivity index (χ2n) is 7.28. The molecule has 0 unspecified atom stereocenters. The summed E-state index contributed by atoms with van der Waals surface area (Å²) in [5.74, 6) is 0.654. The van der Waals surface area contributed by atoms with Crippen molar-refractivity contribution in [2.24, 2.45) is 5.16 Å². The lowest BCUT2D eigenvalue weighted by atomic mass is 10.1. The van der Waals surface area contributed by atoms with Gasteiger partial charge in [-0.3, -0.25) is 9.78 Å². The lowest BCUT2D eigenvalue weighted by Crippen LogP contribution is -2.03. The molecule has 0 amide bonds. The highest BCUT2D eigenvalue weighted by Crippen LogP contribution is 2.39. The predicted octanol–water partition coefficient (Wildman–Crippen LogP) is 5.40. The number of carbonyl (C=O) groups excluding carboxylic acids is 1. The number of aryl methyl sites for hydroxylation is 1. The Bertz CT molecular complexity index is 1330. The number of ether oxygens (including phenoxy) is 1. The van der Waals surface area contributed by atoms with Gasteiger partial charge in [0, 0.05) is 34.6 Å². The molecule has 5 rings (SSSR count). The van der Waals surface area contributed by atoms with Crippen LogP contribution in [0.25, 0.3) is 10.1 Å². The fourth-order valence-corrected chi connectivity index (χ4v) is 4.99. The van der Waals surface area contributed by atoms with Gasteiger partial charge in [-0.2, -0.15) is 0 Å². The summed E-state index contributed by atoms with van der Waals surface area (Å²) in [5, 5.41) is 17.0. The first-order valence-electron chi connectivity index (χ1n) is 9.84. The van der Waals surface area contributed by atoms with Gasteiger partial charge in [-0.05, 0) is 60.9 Å². The summed E-state index contributed by atoms with van der Waals surface area (Å²) in [6, 6.07) is 15.0. The van der Waals surface area contributed by atoms with Gasteiger partial charge in [-0.25, -0.2) is 0 Å². The third-order valence-corrected chi connectivity index (χ3v) is 6.63. The molecule has 0 atom stereocenters. The second-order valence-corrected chi connectivity index (χ2v) is 8.33. The van der Waals surface area contributed by atoms with Crippen LogP contribution < -0.4 is 10.1 Å². The zero-order valence-corrected chi connectivity index (χ0v) is 17.6. The van der Waals surface area contributed by atoms with Gasteiger partial charge in [0.15, 0.2) is 0 Å². The number of methoxy groups -OCH3 is 1. The topological polar surface area (TPSA) is 83.8 Å². The van der Waals surface area contributed by atoms with Crippen LogP contribution >= 0.6 is 11.3 Å². The first-order chi connectivity index (χ1) is 15.2. The molecule has 0 saturated carbocycles. The molecule has 2 aromatic carbocycles. The quantitative estimate of drug-likeness (QED) is 0.252. The van der Waals surface area contributed by atoms with Crippen molar-refractivity contribution in [3.63, 3.8) is 0 Å². The van der Waals surface area contributed by atoms with Crippen molar-refractivity contribution in [2.75, 3.05) is 12.4 Å². The summed E-state index contributed by atoms with van der Waals surface area (Å²) in [7, 11) is 1.60. The van der Waals surface area contributed by atoms with E-state index in [1.165, 1.54) is 11.3 Å². The Kier molecular flexibility index (Phi) is 4.88. The van der Waals surface area contributed by atoms with E-state index in [1.807, 2.05) is 18.2 Å². The van der Waals surface area contributed by atoms with Crippen LogP contribution in [0.4, 0.5) is 11.4 Å². The minimum Gasteiger partial charge on any atom is -0.497 e. The first-order valence-corrected chi connectivity index (χ1v) is 10.7. The normalized spacial score (nSPS) is 14.0. The molecule has 0 saturated heterocycles. The first kappa shape index (κ1) is 19.3. The molecule has 0 radical (unpaired) electrons. The van der Waals surface area contributed by atoms with E-state index in [-0.39, 0.29) is 5.78 Å². The van der Waals surface area contributed by atoms with Crippen LogP contribution in [-0.2, 0) is 6.42 Å². The summed E-state index contributed by atoms with van der Waals surface area (Å²) in [4.78, 5) is 18.2. The highest BCUT2D eigenvalue weighted by Gasteiger charge is 2.22. The smallest absolute Gasteiger partial charge is 0.205 e. The number of thiophene rings is 1. The number of nitrogens with zero attached hydrogens (tertiary/aromatic N) is 2. The highest BCUT2D eigenvalue weighted by molar-refractivity contribution is 7.21.